The third-order valence-corrected chi connectivity index (χ3v) is 2.07. The van der Waals surface area contributed by atoms with E-state index in [1.54, 1.807) is 12.4 Å². The molecular weight excluding hydrogens is 178 g/mol. The predicted molar refractivity (Wildman–Crippen MR) is 54.6 cm³/mol. The summed E-state index contributed by atoms with van der Waals surface area (Å²) in [5.74, 6) is 0.287. The molecule has 0 aliphatic rings. The van der Waals surface area contributed by atoms with Gasteiger partial charge in [0.15, 0.2) is 0 Å². The minimum absolute atomic E-state index is 0.287. The Morgan fingerprint density at radius 1 is 1.36 bits per heavy atom. The molecule has 1 heterocycles. The van der Waals surface area contributed by atoms with E-state index in [0.29, 0.717) is 13.1 Å². The zero-order valence-corrected chi connectivity index (χ0v) is 8.64. The number of rotatable bonds is 5. The molecule has 1 atom stereocenters. The van der Waals surface area contributed by atoms with Gasteiger partial charge in [-0.25, -0.2) is 9.97 Å². The van der Waals surface area contributed by atoms with Gasteiger partial charge < -0.3 is 10.4 Å². The highest BCUT2D eigenvalue weighted by Gasteiger charge is 2.07. The molecule has 0 spiro atoms. The molecule has 4 nitrogen and oxygen atoms in total. The average molecular weight is 195 g/mol. The zero-order chi connectivity index (χ0) is 10.4. The molecule has 0 saturated carbocycles. The maximum Gasteiger partial charge on any atom is 0.115 e. The Morgan fingerprint density at radius 2 is 2.00 bits per heavy atom. The van der Waals surface area contributed by atoms with Crippen LogP contribution in [0, 0.1) is 5.92 Å². The average Bonchev–Trinajstić information content (AvgIpc) is 2.19. The van der Waals surface area contributed by atoms with Gasteiger partial charge in [-0.3, -0.25) is 0 Å². The largest absolute Gasteiger partial charge is 0.392 e. The minimum Gasteiger partial charge on any atom is -0.392 e. The van der Waals surface area contributed by atoms with Crippen molar-refractivity contribution in [1.29, 1.82) is 0 Å². The summed E-state index contributed by atoms with van der Waals surface area (Å²) in [5, 5.41) is 12.7. The number of nitrogens with zero attached hydrogens (tertiary/aromatic N) is 2. The summed E-state index contributed by atoms with van der Waals surface area (Å²) in [6.07, 6.45) is 4.75. The van der Waals surface area contributed by atoms with E-state index in [1.165, 1.54) is 6.33 Å². The van der Waals surface area contributed by atoms with Crippen LogP contribution in [-0.4, -0.2) is 27.7 Å². The van der Waals surface area contributed by atoms with Crippen molar-refractivity contribution in [2.24, 2.45) is 5.92 Å². The first-order valence-electron chi connectivity index (χ1n) is 4.83. The van der Waals surface area contributed by atoms with Gasteiger partial charge in [0, 0.05) is 31.0 Å². The third-order valence-electron chi connectivity index (χ3n) is 2.07. The van der Waals surface area contributed by atoms with Crippen molar-refractivity contribution in [2.75, 3.05) is 6.54 Å². The van der Waals surface area contributed by atoms with E-state index in [0.717, 1.165) is 5.56 Å². The first kappa shape index (κ1) is 11.1. The fraction of sp³-hybridized carbons (Fsp3) is 0.600. The van der Waals surface area contributed by atoms with Crippen LogP contribution in [0.15, 0.2) is 18.7 Å². The molecule has 0 radical (unpaired) electrons. The highest BCUT2D eigenvalue weighted by molar-refractivity contribution is 5.01. The van der Waals surface area contributed by atoms with E-state index in [-0.39, 0.29) is 12.0 Å². The fourth-order valence-corrected chi connectivity index (χ4v) is 1.02. The van der Waals surface area contributed by atoms with Crippen molar-refractivity contribution >= 4 is 0 Å². The lowest BCUT2D eigenvalue weighted by Crippen LogP contribution is -2.30. The molecule has 0 aromatic carbocycles. The number of nitrogens with one attached hydrogen (secondary N) is 1. The van der Waals surface area contributed by atoms with Gasteiger partial charge in [-0.05, 0) is 5.92 Å². The molecule has 1 aromatic heterocycles. The van der Waals surface area contributed by atoms with E-state index in [4.69, 9.17) is 0 Å². The molecule has 78 valence electrons. The van der Waals surface area contributed by atoms with E-state index in [2.05, 4.69) is 15.3 Å². The standard InChI is InChI=1S/C10H17N3O/c1-8(2)10(14)6-11-3-9-4-12-7-13-5-9/h4-5,7-8,10-11,14H,3,6H2,1-2H3. The summed E-state index contributed by atoms with van der Waals surface area (Å²) in [6.45, 7) is 5.30. The number of aliphatic hydroxyl groups is 1. The van der Waals surface area contributed by atoms with Crippen molar-refractivity contribution in [3.63, 3.8) is 0 Å². The summed E-state index contributed by atoms with van der Waals surface area (Å²) < 4.78 is 0. The number of hydrogen-bond donors (Lipinski definition) is 2. The van der Waals surface area contributed by atoms with Crippen LogP contribution in [0.4, 0.5) is 0 Å². The molecule has 1 rings (SSSR count). The van der Waals surface area contributed by atoms with Crippen LogP contribution in [0.5, 0.6) is 0 Å². The molecule has 14 heavy (non-hydrogen) atoms. The van der Waals surface area contributed by atoms with Gasteiger partial charge in [-0.15, -0.1) is 0 Å². The van der Waals surface area contributed by atoms with Gasteiger partial charge in [0.25, 0.3) is 0 Å². The minimum atomic E-state index is -0.292. The quantitative estimate of drug-likeness (QED) is 0.721. The van der Waals surface area contributed by atoms with Crippen LogP contribution in [0.2, 0.25) is 0 Å². The van der Waals surface area contributed by atoms with Crippen molar-refractivity contribution < 1.29 is 5.11 Å². The lowest BCUT2D eigenvalue weighted by molar-refractivity contribution is 0.123. The summed E-state index contributed by atoms with van der Waals surface area (Å²) in [4.78, 5) is 7.81. The van der Waals surface area contributed by atoms with Crippen molar-refractivity contribution in [3.05, 3.63) is 24.3 Å². The van der Waals surface area contributed by atoms with Crippen LogP contribution in [0.3, 0.4) is 0 Å². The summed E-state index contributed by atoms with van der Waals surface area (Å²) >= 11 is 0. The molecule has 1 aromatic rings. The molecular formula is C10H17N3O. The first-order valence-corrected chi connectivity index (χ1v) is 4.83. The second-order valence-electron chi connectivity index (χ2n) is 3.69. The Morgan fingerprint density at radius 3 is 2.57 bits per heavy atom. The first-order chi connectivity index (χ1) is 6.70. The topological polar surface area (TPSA) is 58.0 Å². The highest BCUT2D eigenvalue weighted by Crippen LogP contribution is 1.99. The number of aliphatic hydroxyl groups excluding tert-OH is 1. The Kier molecular flexibility index (Phi) is 4.49. The maximum absolute atomic E-state index is 9.51. The monoisotopic (exact) mass is 195 g/mol. The molecule has 0 aliphatic carbocycles. The smallest absolute Gasteiger partial charge is 0.115 e. The number of aromatic nitrogens is 2. The van der Waals surface area contributed by atoms with Gasteiger partial charge in [0.05, 0.1) is 6.10 Å². The normalized spacial score (nSPS) is 13.1. The van der Waals surface area contributed by atoms with Gasteiger partial charge in [-0.1, -0.05) is 13.8 Å². The van der Waals surface area contributed by atoms with E-state index in [9.17, 15) is 5.11 Å². The van der Waals surface area contributed by atoms with Crippen LogP contribution in [0.25, 0.3) is 0 Å². The molecule has 0 bridgehead atoms. The van der Waals surface area contributed by atoms with E-state index >= 15 is 0 Å². The molecule has 0 saturated heterocycles. The van der Waals surface area contributed by atoms with E-state index in [1.807, 2.05) is 13.8 Å². The second kappa shape index (κ2) is 5.67. The van der Waals surface area contributed by atoms with Crippen LogP contribution in [-0.2, 0) is 6.54 Å². The van der Waals surface area contributed by atoms with Crippen molar-refractivity contribution in [2.45, 2.75) is 26.5 Å². The van der Waals surface area contributed by atoms with Gasteiger partial charge in [-0.2, -0.15) is 0 Å². The summed E-state index contributed by atoms with van der Waals surface area (Å²) in [6, 6.07) is 0. The molecule has 4 heteroatoms. The Hall–Kier alpha value is -1.00. The van der Waals surface area contributed by atoms with Crippen LogP contribution < -0.4 is 5.32 Å². The van der Waals surface area contributed by atoms with Gasteiger partial charge >= 0.3 is 0 Å². The van der Waals surface area contributed by atoms with Crippen molar-refractivity contribution in [1.82, 2.24) is 15.3 Å². The predicted octanol–water partition coefficient (Wildman–Crippen LogP) is 0.583. The van der Waals surface area contributed by atoms with E-state index < -0.39 is 0 Å². The maximum atomic E-state index is 9.51. The fourth-order valence-electron chi connectivity index (χ4n) is 1.02. The molecule has 0 fully saturated rings. The zero-order valence-electron chi connectivity index (χ0n) is 8.64. The lowest BCUT2D eigenvalue weighted by Gasteiger charge is -2.14. The Bertz CT molecular complexity index is 251. The Balaban J connectivity index is 2.22. The van der Waals surface area contributed by atoms with Crippen LogP contribution in [0.1, 0.15) is 19.4 Å². The summed E-state index contributed by atoms with van der Waals surface area (Å²) in [7, 11) is 0. The lowest BCUT2D eigenvalue weighted by atomic mass is 10.1. The highest BCUT2D eigenvalue weighted by atomic mass is 16.3. The molecule has 2 N–H and O–H groups in total. The molecule has 0 amide bonds. The van der Waals surface area contributed by atoms with Gasteiger partial charge in [0.2, 0.25) is 0 Å². The SMILES string of the molecule is CC(C)C(O)CNCc1cncnc1. The van der Waals surface area contributed by atoms with Crippen molar-refractivity contribution in [3.8, 4) is 0 Å². The number of hydrogen-bond acceptors (Lipinski definition) is 4. The molecule has 1 unspecified atom stereocenters. The summed E-state index contributed by atoms with van der Waals surface area (Å²) in [5.41, 5.74) is 1.03. The third kappa shape index (κ3) is 3.81. The van der Waals surface area contributed by atoms with Gasteiger partial charge in [0.1, 0.15) is 6.33 Å². The van der Waals surface area contributed by atoms with Crippen LogP contribution >= 0.6 is 0 Å². The molecule has 0 aliphatic heterocycles. The Labute approximate surface area is 84.4 Å². The second-order valence-corrected chi connectivity index (χ2v) is 3.69.